The smallest absolute Gasteiger partial charge is 0.313 e. The summed E-state index contributed by atoms with van der Waals surface area (Å²) in [5, 5.41) is 11.1. The van der Waals surface area contributed by atoms with E-state index in [4.69, 9.17) is 0 Å². The van der Waals surface area contributed by atoms with Gasteiger partial charge in [0.05, 0.1) is 0 Å². The first-order valence-corrected chi connectivity index (χ1v) is 6.81. The molecular formula is C15H20N4O2. The van der Waals surface area contributed by atoms with E-state index in [-0.39, 0.29) is 11.9 Å². The molecule has 1 aromatic rings. The predicted octanol–water partition coefficient (Wildman–Crippen LogP) is 2.46. The average Bonchev–Trinajstić information content (AvgIpc) is 2.67. The number of hydrazone groups is 1. The van der Waals surface area contributed by atoms with Crippen LogP contribution in [0.4, 0.5) is 10.5 Å². The van der Waals surface area contributed by atoms with Crippen LogP contribution in [-0.4, -0.2) is 28.3 Å². The quantitative estimate of drug-likeness (QED) is 0.877. The van der Waals surface area contributed by atoms with Crippen LogP contribution in [0, 0.1) is 6.92 Å². The lowest BCUT2D eigenvalue weighted by Crippen LogP contribution is -2.57. The SMILES string of the molecule is CC(=O)N1N=C(C)CC1(C)NC(=O)Nc1ccc(C)cc1. The van der Waals surface area contributed by atoms with Crippen LogP contribution in [0.25, 0.3) is 0 Å². The van der Waals surface area contributed by atoms with Crippen LogP contribution in [0.15, 0.2) is 29.4 Å². The number of nitrogens with zero attached hydrogens (tertiary/aromatic N) is 2. The van der Waals surface area contributed by atoms with Crippen LogP contribution in [0.2, 0.25) is 0 Å². The number of hydrogen-bond donors (Lipinski definition) is 2. The monoisotopic (exact) mass is 288 g/mol. The molecule has 1 aliphatic heterocycles. The van der Waals surface area contributed by atoms with Gasteiger partial charge in [-0.1, -0.05) is 17.7 Å². The van der Waals surface area contributed by atoms with Gasteiger partial charge in [-0.05, 0) is 32.9 Å². The second-order valence-corrected chi connectivity index (χ2v) is 5.56. The lowest BCUT2D eigenvalue weighted by Gasteiger charge is -2.32. The molecule has 0 radical (unpaired) electrons. The third kappa shape index (κ3) is 3.39. The predicted molar refractivity (Wildman–Crippen MR) is 82.0 cm³/mol. The summed E-state index contributed by atoms with van der Waals surface area (Å²) >= 11 is 0. The molecule has 1 aliphatic rings. The Balaban J connectivity index is 2.05. The van der Waals surface area contributed by atoms with Crippen molar-refractivity contribution in [1.82, 2.24) is 10.3 Å². The van der Waals surface area contributed by atoms with Crippen LogP contribution < -0.4 is 10.6 Å². The minimum Gasteiger partial charge on any atom is -0.313 e. The maximum absolute atomic E-state index is 12.1. The van der Waals surface area contributed by atoms with E-state index in [1.54, 1.807) is 6.92 Å². The van der Waals surface area contributed by atoms with Crippen molar-refractivity contribution in [3.8, 4) is 0 Å². The van der Waals surface area contributed by atoms with Gasteiger partial charge < -0.3 is 10.6 Å². The Kier molecular flexibility index (Phi) is 3.97. The van der Waals surface area contributed by atoms with Gasteiger partial charge in [-0.3, -0.25) is 4.79 Å². The molecule has 0 fully saturated rings. The lowest BCUT2D eigenvalue weighted by atomic mass is 10.1. The molecule has 0 aliphatic carbocycles. The van der Waals surface area contributed by atoms with Crippen LogP contribution >= 0.6 is 0 Å². The van der Waals surface area contributed by atoms with Crippen LogP contribution in [0.3, 0.4) is 0 Å². The number of rotatable bonds is 2. The highest BCUT2D eigenvalue weighted by Crippen LogP contribution is 2.25. The molecule has 0 saturated heterocycles. The van der Waals surface area contributed by atoms with Crippen molar-refractivity contribution in [1.29, 1.82) is 0 Å². The number of amides is 3. The van der Waals surface area contributed by atoms with Crippen molar-refractivity contribution in [2.75, 3.05) is 5.32 Å². The van der Waals surface area contributed by atoms with Gasteiger partial charge in [0.25, 0.3) is 0 Å². The highest BCUT2D eigenvalue weighted by molar-refractivity contribution is 5.93. The van der Waals surface area contributed by atoms with Crippen molar-refractivity contribution >= 4 is 23.3 Å². The van der Waals surface area contributed by atoms with Crippen LogP contribution in [0.1, 0.15) is 32.8 Å². The fraction of sp³-hybridized carbons (Fsp3) is 0.400. The van der Waals surface area contributed by atoms with Crippen molar-refractivity contribution in [2.45, 2.75) is 39.8 Å². The normalized spacial score (nSPS) is 21.0. The Bertz CT molecular complexity index is 594. The van der Waals surface area contributed by atoms with Crippen LogP contribution in [-0.2, 0) is 4.79 Å². The fourth-order valence-electron chi connectivity index (χ4n) is 2.45. The molecule has 2 N–H and O–H groups in total. The molecule has 1 heterocycles. The number of carbonyl (C=O) groups is 2. The van der Waals surface area contributed by atoms with E-state index in [0.29, 0.717) is 12.1 Å². The Morgan fingerprint density at radius 2 is 1.86 bits per heavy atom. The van der Waals surface area contributed by atoms with Gasteiger partial charge in [0, 0.05) is 24.7 Å². The summed E-state index contributed by atoms with van der Waals surface area (Å²) < 4.78 is 0. The largest absolute Gasteiger partial charge is 0.321 e. The minimum absolute atomic E-state index is 0.204. The minimum atomic E-state index is -0.829. The lowest BCUT2D eigenvalue weighted by molar-refractivity contribution is -0.134. The summed E-state index contributed by atoms with van der Waals surface area (Å²) in [6.45, 7) is 7.03. The molecule has 112 valence electrons. The summed E-state index contributed by atoms with van der Waals surface area (Å²) in [6.07, 6.45) is 0.508. The topological polar surface area (TPSA) is 73.8 Å². The van der Waals surface area contributed by atoms with Crippen LogP contribution in [0.5, 0.6) is 0 Å². The third-order valence-corrected chi connectivity index (χ3v) is 3.33. The number of urea groups is 1. The Morgan fingerprint density at radius 1 is 1.24 bits per heavy atom. The maximum atomic E-state index is 12.1. The zero-order valence-electron chi connectivity index (χ0n) is 12.7. The molecule has 1 atom stereocenters. The van der Waals surface area contributed by atoms with E-state index in [9.17, 15) is 9.59 Å². The van der Waals surface area contributed by atoms with Gasteiger partial charge in [0.15, 0.2) is 0 Å². The first kappa shape index (κ1) is 15.0. The first-order valence-electron chi connectivity index (χ1n) is 6.81. The van der Waals surface area contributed by atoms with E-state index in [0.717, 1.165) is 11.3 Å². The van der Waals surface area contributed by atoms with Gasteiger partial charge in [-0.2, -0.15) is 5.10 Å². The van der Waals surface area contributed by atoms with E-state index >= 15 is 0 Å². The van der Waals surface area contributed by atoms with Gasteiger partial charge in [-0.15, -0.1) is 0 Å². The zero-order valence-corrected chi connectivity index (χ0v) is 12.7. The van der Waals surface area contributed by atoms with E-state index in [1.165, 1.54) is 11.9 Å². The van der Waals surface area contributed by atoms with Gasteiger partial charge in [0.1, 0.15) is 5.66 Å². The molecule has 0 saturated carbocycles. The van der Waals surface area contributed by atoms with Crippen molar-refractivity contribution in [2.24, 2.45) is 5.10 Å². The van der Waals surface area contributed by atoms with Gasteiger partial charge in [-0.25, -0.2) is 9.80 Å². The molecule has 6 nitrogen and oxygen atoms in total. The second kappa shape index (κ2) is 5.55. The molecule has 1 unspecified atom stereocenters. The van der Waals surface area contributed by atoms with E-state index in [1.807, 2.05) is 38.1 Å². The number of aryl methyl sites for hydroxylation is 1. The van der Waals surface area contributed by atoms with Crippen molar-refractivity contribution in [3.05, 3.63) is 29.8 Å². The summed E-state index contributed by atoms with van der Waals surface area (Å²) in [4.78, 5) is 23.8. The summed E-state index contributed by atoms with van der Waals surface area (Å²) in [5.41, 5.74) is 1.80. The molecule has 6 heteroatoms. The Hall–Kier alpha value is -2.37. The highest BCUT2D eigenvalue weighted by Gasteiger charge is 2.40. The van der Waals surface area contributed by atoms with Gasteiger partial charge >= 0.3 is 6.03 Å². The molecular weight excluding hydrogens is 268 g/mol. The molecule has 2 rings (SSSR count). The second-order valence-electron chi connectivity index (χ2n) is 5.56. The maximum Gasteiger partial charge on any atom is 0.321 e. The fourth-order valence-corrected chi connectivity index (χ4v) is 2.45. The number of hydrogen-bond acceptors (Lipinski definition) is 3. The van der Waals surface area contributed by atoms with Crippen molar-refractivity contribution < 1.29 is 9.59 Å². The number of anilines is 1. The summed E-state index contributed by atoms with van der Waals surface area (Å²) in [5.74, 6) is -0.204. The van der Waals surface area contributed by atoms with Crippen molar-refractivity contribution in [3.63, 3.8) is 0 Å². The van der Waals surface area contributed by atoms with E-state index < -0.39 is 5.66 Å². The Morgan fingerprint density at radius 3 is 2.43 bits per heavy atom. The molecule has 0 spiro atoms. The highest BCUT2D eigenvalue weighted by atomic mass is 16.2. The number of benzene rings is 1. The Labute approximate surface area is 124 Å². The molecule has 0 bridgehead atoms. The molecule has 1 aromatic carbocycles. The van der Waals surface area contributed by atoms with E-state index in [2.05, 4.69) is 15.7 Å². The zero-order chi connectivity index (χ0) is 15.6. The molecule has 0 aromatic heterocycles. The summed E-state index contributed by atoms with van der Waals surface area (Å²) in [6, 6.07) is 7.13. The third-order valence-electron chi connectivity index (χ3n) is 3.33. The number of carbonyl (C=O) groups excluding carboxylic acids is 2. The average molecular weight is 288 g/mol. The molecule has 3 amide bonds. The van der Waals surface area contributed by atoms with Gasteiger partial charge in [0.2, 0.25) is 5.91 Å². The summed E-state index contributed by atoms with van der Waals surface area (Å²) in [7, 11) is 0. The standard InChI is InChI=1S/C15H20N4O2/c1-10-5-7-13(8-6-10)16-14(21)17-15(4)9-11(2)18-19(15)12(3)20/h5-8H,9H2,1-4H3,(H2,16,17,21). The number of nitrogens with one attached hydrogen (secondary N) is 2. The first-order chi connectivity index (χ1) is 9.80. The molecule has 21 heavy (non-hydrogen) atoms.